The van der Waals surface area contributed by atoms with Gasteiger partial charge in [-0.3, -0.25) is 9.59 Å². The Hall–Kier alpha value is -3.90. The summed E-state index contributed by atoms with van der Waals surface area (Å²) in [6.45, 7) is 9.42. The normalized spacial score (nSPS) is 15.4. The summed E-state index contributed by atoms with van der Waals surface area (Å²) in [6.07, 6.45) is 8.74. The van der Waals surface area contributed by atoms with E-state index in [9.17, 15) is 19.5 Å². The number of aryl methyl sites for hydroxylation is 2. The van der Waals surface area contributed by atoms with Crippen LogP contribution in [0.3, 0.4) is 0 Å². The van der Waals surface area contributed by atoms with Crippen molar-refractivity contribution in [3.8, 4) is 5.75 Å². The minimum atomic E-state index is -0.825. The highest BCUT2D eigenvalue weighted by Gasteiger charge is 2.25. The van der Waals surface area contributed by atoms with E-state index in [2.05, 4.69) is 44.5 Å². The molecule has 46 heavy (non-hydrogen) atoms. The van der Waals surface area contributed by atoms with Gasteiger partial charge in [-0.1, -0.05) is 23.8 Å². The molecule has 3 aromatic rings. The summed E-state index contributed by atoms with van der Waals surface area (Å²) in [4.78, 5) is 47.0. The molecule has 1 saturated heterocycles. The first-order valence-electron chi connectivity index (χ1n) is 15.9. The number of fused-ring (bicyclic) bond motifs is 1. The number of aromatic amines is 1. The number of carbonyl (C=O) groups is 3. The first-order chi connectivity index (χ1) is 22.2. The molecule has 1 aliphatic rings. The van der Waals surface area contributed by atoms with Crippen molar-refractivity contribution in [1.29, 1.82) is 0 Å². The van der Waals surface area contributed by atoms with Crippen LogP contribution in [-0.4, -0.2) is 116 Å². The van der Waals surface area contributed by atoms with Crippen LogP contribution in [-0.2, 0) is 4.79 Å². The lowest BCUT2D eigenvalue weighted by atomic mass is 10.00. The number of aliphatic hydroxyl groups excluding tert-OH is 1. The molecule has 0 saturated carbocycles. The topological polar surface area (TPSA) is 140 Å². The third kappa shape index (κ3) is 11.2. The predicted molar refractivity (Wildman–Crippen MR) is 182 cm³/mol. The van der Waals surface area contributed by atoms with E-state index in [1.807, 2.05) is 32.0 Å². The smallest absolute Gasteiger partial charge is 0.150 e. The van der Waals surface area contributed by atoms with E-state index in [-0.39, 0.29) is 24.3 Å². The Balaban J connectivity index is 0.000000441. The van der Waals surface area contributed by atoms with Gasteiger partial charge in [-0.2, -0.15) is 0 Å². The minimum Gasteiger partial charge on any atom is -0.491 e. The van der Waals surface area contributed by atoms with E-state index < -0.39 is 18.1 Å². The Bertz CT molecular complexity index is 1390. The van der Waals surface area contributed by atoms with Crippen molar-refractivity contribution in [3.63, 3.8) is 0 Å². The van der Waals surface area contributed by atoms with Gasteiger partial charge in [0.2, 0.25) is 0 Å². The second-order valence-corrected chi connectivity index (χ2v) is 12.0. The summed E-state index contributed by atoms with van der Waals surface area (Å²) >= 11 is 0. The molecule has 1 aromatic heterocycles. The second kappa shape index (κ2) is 18.9. The van der Waals surface area contributed by atoms with Gasteiger partial charge >= 0.3 is 0 Å². The van der Waals surface area contributed by atoms with Gasteiger partial charge in [-0.05, 0) is 103 Å². The fraction of sp³-hybridized carbons (Fsp3) is 0.486. The molecule has 0 amide bonds. The molecule has 0 radical (unpaired) electrons. The Morgan fingerprint density at radius 3 is 2.43 bits per heavy atom. The van der Waals surface area contributed by atoms with Crippen molar-refractivity contribution in [1.82, 2.24) is 30.4 Å². The van der Waals surface area contributed by atoms with E-state index in [0.29, 0.717) is 35.2 Å². The Morgan fingerprint density at radius 2 is 1.80 bits per heavy atom. The van der Waals surface area contributed by atoms with Crippen LogP contribution in [0.5, 0.6) is 5.75 Å². The Morgan fingerprint density at radius 1 is 1.09 bits per heavy atom. The number of aliphatic hydroxyl groups is 1. The van der Waals surface area contributed by atoms with Crippen molar-refractivity contribution >= 4 is 29.9 Å². The summed E-state index contributed by atoms with van der Waals surface area (Å²) in [6, 6.07) is 8.37. The highest BCUT2D eigenvalue weighted by Crippen LogP contribution is 2.23. The van der Waals surface area contributed by atoms with Crippen molar-refractivity contribution < 1.29 is 24.2 Å². The van der Waals surface area contributed by atoms with Crippen LogP contribution in [0.25, 0.3) is 11.0 Å². The number of rotatable bonds is 17. The molecule has 4 N–H and O–H groups in total. The number of nitrogens with one attached hydrogen (secondary N) is 3. The highest BCUT2D eigenvalue weighted by atomic mass is 16.5. The van der Waals surface area contributed by atoms with Crippen LogP contribution in [0.2, 0.25) is 0 Å². The standard InChI is InChI=1S/C26H30N4O5.C9H20N2/c1-16-4-5-25(17(2)8-16)35-15-20(34)11-28-22(6-7-27-3)21(14-33)26-29-23-9-18(12-31)19(13-32)10-24(23)30-26;1-10(2)6-5-9-11-7-3-4-8-11/h4-10,12-14,20-22,27-28,34H,11,15H2,1-3H3,(H,29,30);3-9H2,1-2H3/b7-6-;. The van der Waals surface area contributed by atoms with Gasteiger partial charge in [0, 0.05) is 30.8 Å². The van der Waals surface area contributed by atoms with Crippen LogP contribution in [0.4, 0.5) is 0 Å². The summed E-state index contributed by atoms with van der Waals surface area (Å²) in [7, 11) is 6.02. The number of imidazole rings is 1. The summed E-state index contributed by atoms with van der Waals surface area (Å²) in [5.41, 5.74) is 3.59. The lowest BCUT2D eigenvalue weighted by molar-refractivity contribution is -0.109. The van der Waals surface area contributed by atoms with Crippen LogP contribution in [0, 0.1) is 13.8 Å². The van der Waals surface area contributed by atoms with Gasteiger partial charge in [-0.25, -0.2) is 4.98 Å². The van der Waals surface area contributed by atoms with Gasteiger partial charge in [0.15, 0.2) is 12.6 Å². The molecule has 0 aliphatic carbocycles. The van der Waals surface area contributed by atoms with Crippen molar-refractivity contribution in [2.75, 3.05) is 60.5 Å². The third-order valence-electron chi connectivity index (χ3n) is 7.91. The van der Waals surface area contributed by atoms with Crippen molar-refractivity contribution in [2.45, 2.75) is 51.2 Å². The van der Waals surface area contributed by atoms with Gasteiger partial charge < -0.3 is 40.1 Å². The number of carbonyl (C=O) groups excluding carboxylic acids is 3. The van der Waals surface area contributed by atoms with Gasteiger partial charge in [0.05, 0.1) is 17.0 Å². The zero-order valence-corrected chi connectivity index (χ0v) is 27.8. The van der Waals surface area contributed by atoms with E-state index in [0.717, 1.165) is 17.4 Å². The maximum Gasteiger partial charge on any atom is 0.150 e. The Kier molecular flexibility index (Phi) is 15.0. The average Bonchev–Trinajstić information content (AvgIpc) is 3.71. The highest BCUT2D eigenvalue weighted by molar-refractivity contribution is 5.96. The van der Waals surface area contributed by atoms with Crippen LogP contribution in [0.1, 0.15) is 62.8 Å². The number of ether oxygens (including phenoxy) is 1. The average molecular weight is 635 g/mol. The summed E-state index contributed by atoms with van der Waals surface area (Å²) < 4.78 is 5.76. The van der Waals surface area contributed by atoms with E-state index in [1.54, 1.807) is 19.3 Å². The first-order valence-corrected chi connectivity index (χ1v) is 15.9. The van der Waals surface area contributed by atoms with Crippen LogP contribution < -0.4 is 15.4 Å². The molecule has 2 aromatic carbocycles. The maximum absolute atomic E-state index is 12.1. The fourth-order valence-electron chi connectivity index (χ4n) is 5.40. The van der Waals surface area contributed by atoms with Crippen molar-refractivity contribution in [3.05, 3.63) is 70.7 Å². The SMILES string of the molecule is CN(C)CCCN1CCCC1.CN/C=C\C(NCC(O)COc1ccc(C)cc1C)C(C=O)c1nc2cc(C=O)c(C=O)cc2[nH]1. The molecule has 0 bridgehead atoms. The molecule has 250 valence electrons. The molecular formula is C35H50N6O5. The molecule has 1 fully saturated rings. The summed E-state index contributed by atoms with van der Waals surface area (Å²) in [5.74, 6) is 0.353. The molecule has 4 rings (SSSR count). The number of nitrogens with zero attached hydrogens (tertiary/aromatic N) is 3. The number of hydrogen-bond donors (Lipinski definition) is 4. The molecular weight excluding hydrogens is 584 g/mol. The maximum atomic E-state index is 12.1. The summed E-state index contributed by atoms with van der Waals surface area (Å²) in [5, 5.41) is 16.6. The number of hydrogen-bond acceptors (Lipinski definition) is 10. The molecule has 11 nitrogen and oxygen atoms in total. The lowest BCUT2D eigenvalue weighted by Gasteiger charge is -2.22. The molecule has 3 atom stereocenters. The lowest BCUT2D eigenvalue weighted by Crippen LogP contribution is -2.41. The molecule has 1 aliphatic heterocycles. The van der Waals surface area contributed by atoms with E-state index in [4.69, 9.17) is 4.74 Å². The molecule has 2 heterocycles. The minimum absolute atomic E-state index is 0.0820. The van der Waals surface area contributed by atoms with E-state index >= 15 is 0 Å². The van der Waals surface area contributed by atoms with Gasteiger partial charge in [-0.15, -0.1) is 0 Å². The second-order valence-electron chi connectivity index (χ2n) is 12.0. The molecule has 11 heteroatoms. The monoisotopic (exact) mass is 634 g/mol. The number of likely N-dealkylation sites (tertiary alicyclic amines) is 1. The number of benzene rings is 2. The Labute approximate surface area is 272 Å². The zero-order valence-electron chi connectivity index (χ0n) is 27.8. The van der Waals surface area contributed by atoms with Gasteiger partial charge in [0.25, 0.3) is 0 Å². The molecule has 3 unspecified atom stereocenters. The number of H-pyrrole nitrogens is 1. The van der Waals surface area contributed by atoms with Crippen LogP contribution >= 0.6 is 0 Å². The van der Waals surface area contributed by atoms with Crippen molar-refractivity contribution in [2.24, 2.45) is 0 Å². The number of aromatic nitrogens is 2. The predicted octanol–water partition coefficient (Wildman–Crippen LogP) is 3.25. The fourth-order valence-corrected chi connectivity index (χ4v) is 5.40. The molecule has 0 spiro atoms. The van der Waals surface area contributed by atoms with E-state index in [1.165, 1.54) is 57.6 Å². The zero-order chi connectivity index (χ0) is 33.5. The van der Waals surface area contributed by atoms with Gasteiger partial charge in [0.1, 0.15) is 30.6 Å². The largest absolute Gasteiger partial charge is 0.491 e. The first kappa shape index (κ1) is 36.6. The quantitative estimate of drug-likeness (QED) is 0.164. The van der Waals surface area contributed by atoms with Crippen LogP contribution in [0.15, 0.2) is 42.6 Å². The number of aldehydes is 3. The third-order valence-corrected chi connectivity index (χ3v) is 7.91.